The lowest BCUT2D eigenvalue weighted by molar-refractivity contribution is -0.274. The van der Waals surface area contributed by atoms with Crippen LogP contribution in [0.1, 0.15) is 37.5 Å². The number of ether oxygens (including phenoxy) is 2. The molecule has 0 aliphatic heterocycles. The van der Waals surface area contributed by atoms with Gasteiger partial charge < -0.3 is 19.3 Å². The second kappa shape index (κ2) is 9.51. The monoisotopic (exact) mass is 461 g/mol. The van der Waals surface area contributed by atoms with E-state index in [4.69, 9.17) is 9.26 Å². The molecule has 4 rings (SSSR count). The van der Waals surface area contributed by atoms with E-state index in [-0.39, 0.29) is 23.6 Å². The Balaban J connectivity index is 1.35. The minimum atomic E-state index is -4.72. The SMILES string of the molecule is COC(=O)C1CCC(c2nc(-c3ccc(Nc4ccc(OC(F)(F)F)cc4)cc3)no2)CC1. The molecule has 1 heterocycles. The van der Waals surface area contributed by atoms with E-state index >= 15 is 0 Å². The Kier molecular flexibility index (Phi) is 6.52. The number of nitrogens with one attached hydrogen (secondary N) is 1. The van der Waals surface area contributed by atoms with E-state index in [1.54, 1.807) is 0 Å². The Labute approximate surface area is 187 Å². The highest BCUT2D eigenvalue weighted by molar-refractivity contribution is 5.72. The van der Waals surface area contributed by atoms with E-state index in [1.807, 2.05) is 24.3 Å². The first-order chi connectivity index (χ1) is 15.8. The van der Waals surface area contributed by atoms with E-state index in [0.29, 0.717) is 17.4 Å². The highest BCUT2D eigenvalue weighted by atomic mass is 19.4. The molecule has 33 heavy (non-hydrogen) atoms. The lowest BCUT2D eigenvalue weighted by atomic mass is 9.82. The average molecular weight is 461 g/mol. The molecule has 0 unspecified atom stereocenters. The zero-order valence-corrected chi connectivity index (χ0v) is 17.8. The van der Waals surface area contributed by atoms with Gasteiger partial charge in [-0.15, -0.1) is 13.2 Å². The van der Waals surface area contributed by atoms with Crippen LogP contribution in [-0.4, -0.2) is 29.6 Å². The Hall–Kier alpha value is -3.56. The maximum absolute atomic E-state index is 12.3. The van der Waals surface area contributed by atoms with Crippen LogP contribution in [0.4, 0.5) is 24.5 Å². The minimum absolute atomic E-state index is 0.0675. The van der Waals surface area contributed by atoms with Crippen LogP contribution in [-0.2, 0) is 9.53 Å². The van der Waals surface area contributed by atoms with Gasteiger partial charge in [-0.3, -0.25) is 4.79 Å². The molecule has 174 valence electrons. The van der Waals surface area contributed by atoms with Gasteiger partial charge in [-0.25, -0.2) is 0 Å². The number of benzene rings is 2. The smallest absolute Gasteiger partial charge is 0.469 e. The Bertz CT molecular complexity index is 1070. The number of esters is 1. The van der Waals surface area contributed by atoms with Crippen LogP contribution in [0.15, 0.2) is 53.1 Å². The van der Waals surface area contributed by atoms with Crippen LogP contribution >= 0.6 is 0 Å². The van der Waals surface area contributed by atoms with Crippen molar-refractivity contribution in [3.63, 3.8) is 0 Å². The molecule has 1 saturated carbocycles. The molecular weight excluding hydrogens is 439 g/mol. The number of alkyl halides is 3. The van der Waals surface area contributed by atoms with E-state index in [9.17, 15) is 18.0 Å². The standard InChI is InChI=1S/C23H22F3N3O4/c1-31-22(30)16-4-2-15(3-5-16)21-28-20(29-33-21)14-6-8-17(9-7-14)27-18-10-12-19(13-11-18)32-23(24,25)26/h6-13,15-16,27H,2-5H2,1H3. The molecule has 1 aliphatic carbocycles. The zero-order valence-electron chi connectivity index (χ0n) is 17.8. The number of hydrogen-bond acceptors (Lipinski definition) is 7. The first-order valence-corrected chi connectivity index (χ1v) is 10.5. The van der Waals surface area contributed by atoms with Crippen molar-refractivity contribution in [2.45, 2.75) is 38.0 Å². The molecule has 1 fully saturated rings. The maximum atomic E-state index is 12.3. The average Bonchev–Trinajstić information content (AvgIpc) is 3.30. The van der Waals surface area contributed by atoms with Gasteiger partial charge in [0.25, 0.3) is 0 Å². The first-order valence-electron chi connectivity index (χ1n) is 10.5. The normalized spacial score (nSPS) is 18.5. The molecule has 0 saturated heterocycles. The fourth-order valence-electron chi connectivity index (χ4n) is 3.87. The number of methoxy groups -OCH3 is 1. The molecule has 2 aromatic carbocycles. The van der Waals surface area contributed by atoms with Crippen LogP contribution in [0, 0.1) is 5.92 Å². The number of carbonyl (C=O) groups is 1. The summed E-state index contributed by atoms with van der Waals surface area (Å²) in [6.45, 7) is 0. The molecule has 0 spiro atoms. The van der Waals surface area contributed by atoms with Crippen molar-refractivity contribution >= 4 is 17.3 Å². The Morgan fingerprint density at radius 2 is 1.61 bits per heavy atom. The summed E-state index contributed by atoms with van der Waals surface area (Å²) in [7, 11) is 1.41. The fourth-order valence-corrected chi connectivity index (χ4v) is 3.87. The van der Waals surface area contributed by atoms with Crippen molar-refractivity contribution in [2.24, 2.45) is 5.92 Å². The van der Waals surface area contributed by atoms with Gasteiger partial charge in [0.1, 0.15) is 5.75 Å². The molecule has 0 radical (unpaired) electrons. The van der Waals surface area contributed by atoms with Crippen LogP contribution in [0.2, 0.25) is 0 Å². The largest absolute Gasteiger partial charge is 0.573 e. The van der Waals surface area contributed by atoms with Crippen LogP contribution in [0.3, 0.4) is 0 Å². The maximum Gasteiger partial charge on any atom is 0.573 e. The van der Waals surface area contributed by atoms with Gasteiger partial charge >= 0.3 is 12.3 Å². The molecule has 0 bridgehead atoms. The number of hydrogen-bond donors (Lipinski definition) is 1. The lowest BCUT2D eigenvalue weighted by Crippen LogP contribution is -2.22. The summed E-state index contributed by atoms with van der Waals surface area (Å²) >= 11 is 0. The molecule has 10 heteroatoms. The van der Waals surface area contributed by atoms with E-state index in [0.717, 1.165) is 36.9 Å². The summed E-state index contributed by atoms with van der Waals surface area (Å²) < 4.78 is 50.9. The van der Waals surface area contributed by atoms with Crippen molar-refractivity contribution in [3.05, 3.63) is 54.4 Å². The molecule has 3 aromatic rings. The predicted molar refractivity (Wildman–Crippen MR) is 113 cm³/mol. The second-order valence-electron chi connectivity index (χ2n) is 7.80. The van der Waals surface area contributed by atoms with Crippen molar-refractivity contribution in [1.82, 2.24) is 10.1 Å². The molecule has 1 N–H and O–H groups in total. The summed E-state index contributed by atoms with van der Waals surface area (Å²) in [4.78, 5) is 16.2. The number of aromatic nitrogens is 2. The van der Waals surface area contributed by atoms with Gasteiger partial charge in [-0.05, 0) is 74.2 Å². The number of carbonyl (C=O) groups excluding carboxylic acids is 1. The van der Waals surface area contributed by atoms with Crippen LogP contribution < -0.4 is 10.1 Å². The molecule has 1 aromatic heterocycles. The summed E-state index contributed by atoms with van der Waals surface area (Å²) in [5.41, 5.74) is 2.13. The summed E-state index contributed by atoms with van der Waals surface area (Å²) in [6, 6.07) is 12.7. The summed E-state index contributed by atoms with van der Waals surface area (Å²) in [5, 5.41) is 7.19. The lowest BCUT2D eigenvalue weighted by Gasteiger charge is -2.24. The van der Waals surface area contributed by atoms with Gasteiger partial charge in [0.2, 0.25) is 11.7 Å². The van der Waals surface area contributed by atoms with Crippen LogP contribution in [0.25, 0.3) is 11.4 Å². The second-order valence-corrected chi connectivity index (χ2v) is 7.80. The van der Waals surface area contributed by atoms with Crippen molar-refractivity contribution in [2.75, 3.05) is 12.4 Å². The number of rotatable bonds is 6. The summed E-state index contributed by atoms with van der Waals surface area (Å²) in [5.74, 6) is 0.644. The van der Waals surface area contributed by atoms with Crippen molar-refractivity contribution < 1.29 is 32.0 Å². The molecule has 0 amide bonds. The molecule has 0 atom stereocenters. The number of anilines is 2. The van der Waals surface area contributed by atoms with E-state index in [1.165, 1.54) is 31.4 Å². The van der Waals surface area contributed by atoms with Gasteiger partial charge in [0.15, 0.2) is 0 Å². The van der Waals surface area contributed by atoms with Gasteiger partial charge in [0.05, 0.1) is 13.0 Å². The first kappa shape index (κ1) is 22.6. The minimum Gasteiger partial charge on any atom is -0.469 e. The number of halogens is 3. The predicted octanol–water partition coefficient (Wildman–Crippen LogP) is 5.83. The zero-order chi connectivity index (χ0) is 23.4. The third kappa shape index (κ3) is 5.82. The fraction of sp³-hybridized carbons (Fsp3) is 0.348. The highest BCUT2D eigenvalue weighted by Gasteiger charge is 2.31. The van der Waals surface area contributed by atoms with Gasteiger partial charge in [-0.1, -0.05) is 5.16 Å². The van der Waals surface area contributed by atoms with Crippen molar-refractivity contribution in [1.29, 1.82) is 0 Å². The third-order valence-corrected chi connectivity index (χ3v) is 5.57. The summed E-state index contributed by atoms with van der Waals surface area (Å²) in [6.07, 6.45) is -1.67. The Morgan fingerprint density at radius 3 is 2.18 bits per heavy atom. The topological polar surface area (TPSA) is 86.5 Å². The molecule has 1 aliphatic rings. The molecular formula is C23H22F3N3O4. The third-order valence-electron chi connectivity index (χ3n) is 5.57. The quantitative estimate of drug-likeness (QED) is 0.463. The van der Waals surface area contributed by atoms with E-state index < -0.39 is 6.36 Å². The molecule has 7 nitrogen and oxygen atoms in total. The van der Waals surface area contributed by atoms with E-state index in [2.05, 4.69) is 20.2 Å². The van der Waals surface area contributed by atoms with Crippen LogP contribution in [0.5, 0.6) is 5.75 Å². The number of nitrogens with zero attached hydrogens (tertiary/aromatic N) is 2. The van der Waals surface area contributed by atoms with Crippen molar-refractivity contribution in [3.8, 4) is 17.1 Å². The Morgan fingerprint density at radius 1 is 1.00 bits per heavy atom. The highest BCUT2D eigenvalue weighted by Crippen LogP contribution is 2.36. The van der Waals surface area contributed by atoms with Gasteiger partial charge in [0, 0.05) is 22.9 Å². The van der Waals surface area contributed by atoms with Gasteiger partial charge in [-0.2, -0.15) is 4.98 Å².